The number of nitro groups is 1. The second kappa shape index (κ2) is 4.05. The Balaban J connectivity index is 2.61. The first-order chi connectivity index (χ1) is 8.09. The fraction of sp³-hybridized carbons (Fsp3) is 0. The predicted octanol–water partition coefficient (Wildman–Crippen LogP) is 0.927. The van der Waals surface area contributed by atoms with Crippen LogP contribution in [-0.2, 0) is 0 Å². The third-order valence-electron chi connectivity index (χ3n) is 2.22. The standard InChI is InChI=1S/C10H8N4O3/c11-8-9(12-5-13-10(8)15)6-2-1-3-7(4-6)14(16)17/h1-5H,11H2,(H,12,13,15). The Hall–Kier alpha value is -2.70. The molecule has 0 saturated heterocycles. The number of nitrogens with one attached hydrogen (secondary N) is 1. The van der Waals surface area contributed by atoms with Gasteiger partial charge in [0.05, 0.1) is 11.3 Å². The number of H-pyrrole nitrogens is 1. The number of aromatic amines is 1. The summed E-state index contributed by atoms with van der Waals surface area (Å²) in [6.45, 7) is 0. The molecule has 0 saturated carbocycles. The van der Waals surface area contributed by atoms with Gasteiger partial charge in [-0.15, -0.1) is 0 Å². The van der Waals surface area contributed by atoms with Gasteiger partial charge in [-0.25, -0.2) is 4.98 Å². The number of nitrogens with zero attached hydrogens (tertiary/aromatic N) is 2. The molecule has 1 heterocycles. The van der Waals surface area contributed by atoms with E-state index in [0.29, 0.717) is 5.56 Å². The van der Waals surface area contributed by atoms with E-state index in [1.54, 1.807) is 6.07 Å². The van der Waals surface area contributed by atoms with Gasteiger partial charge in [0, 0.05) is 17.7 Å². The Morgan fingerprint density at radius 3 is 2.88 bits per heavy atom. The summed E-state index contributed by atoms with van der Waals surface area (Å²) in [4.78, 5) is 27.6. The average Bonchev–Trinajstić information content (AvgIpc) is 2.33. The van der Waals surface area contributed by atoms with Crippen LogP contribution in [0.25, 0.3) is 11.3 Å². The molecule has 2 rings (SSSR count). The lowest BCUT2D eigenvalue weighted by atomic mass is 10.1. The van der Waals surface area contributed by atoms with Gasteiger partial charge in [-0.1, -0.05) is 12.1 Å². The molecule has 0 fully saturated rings. The second-order valence-corrected chi connectivity index (χ2v) is 3.30. The van der Waals surface area contributed by atoms with E-state index in [4.69, 9.17) is 5.73 Å². The maximum atomic E-state index is 11.3. The highest BCUT2D eigenvalue weighted by Gasteiger charge is 2.11. The number of nitro benzene ring substituents is 1. The predicted molar refractivity (Wildman–Crippen MR) is 61.4 cm³/mol. The number of benzene rings is 1. The van der Waals surface area contributed by atoms with Crippen molar-refractivity contribution in [1.82, 2.24) is 9.97 Å². The van der Waals surface area contributed by atoms with Crippen molar-refractivity contribution in [1.29, 1.82) is 0 Å². The van der Waals surface area contributed by atoms with Crippen LogP contribution >= 0.6 is 0 Å². The van der Waals surface area contributed by atoms with Crippen LogP contribution in [0.3, 0.4) is 0 Å². The molecular formula is C10H8N4O3. The first-order valence-electron chi connectivity index (χ1n) is 4.67. The number of non-ortho nitro benzene ring substituents is 1. The van der Waals surface area contributed by atoms with Crippen LogP contribution < -0.4 is 11.3 Å². The minimum Gasteiger partial charge on any atom is -0.392 e. The summed E-state index contributed by atoms with van der Waals surface area (Å²) in [5.41, 5.74) is 5.62. The minimum atomic E-state index is -0.521. The highest BCUT2D eigenvalue weighted by molar-refractivity contribution is 5.72. The minimum absolute atomic E-state index is 0.0620. The molecule has 7 heteroatoms. The molecule has 0 atom stereocenters. The maximum Gasteiger partial charge on any atom is 0.274 e. The summed E-state index contributed by atoms with van der Waals surface area (Å²) in [5, 5.41) is 10.6. The highest BCUT2D eigenvalue weighted by atomic mass is 16.6. The number of aromatic nitrogens is 2. The van der Waals surface area contributed by atoms with Crippen molar-refractivity contribution in [2.24, 2.45) is 0 Å². The third kappa shape index (κ3) is 1.98. The molecule has 86 valence electrons. The van der Waals surface area contributed by atoms with Crippen molar-refractivity contribution in [3.05, 3.63) is 51.1 Å². The molecule has 0 unspecified atom stereocenters. The topological polar surface area (TPSA) is 115 Å². The van der Waals surface area contributed by atoms with Gasteiger partial charge in [0.1, 0.15) is 11.4 Å². The first kappa shape index (κ1) is 10.8. The molecule has 0 spiro atoms. The van der Waals surface area contributed by atoms with Crippen LogP contribution in [-0.4, -0.2) is 14.9 Å². The molecule has 0 radical (unpaired) electrons. The van der Waals surface area contributed by atoms with Crippen molar-refractivity contribution in [2.75, 3.05) is 5.73 Å². The summed E-state index contributed by atoms with van der Waals surface area (Å²) in [7, 11) is 0. The number of nitrogens with two attached hydrogens (primary N) is 1. The lowest BCUT2D eigenvalue weighted by Gasteiger charge is -2.02. The van der Waals surface area contributed by atoms with Gasteiger partial charge in [0.2, 0.25) is 0 Å². The monoisotopic (exact) mass is 232 g/mol. The van der Waals surface area contributed by atoms with Crippen molar-refractivity contribution in [2.45, 2.75) is 0 Å². The first-order valence-corrected chi connectivity index (χ1v) is 4.67. The van der Waals surface area contributed by atoms with Gasteiger partial charge in [-0.3, -0.25) is 14.9 Å². The average molecular weight is 232 g/mol. The number of anilines is 1. The van der Waals surface area contributed by atoms with E-state index in [1.165, 1.54) is 24.5 Å². The van der Waals surface area contributed by atoms with Gasteiger partial charge < -0.3 is 10.7 Å². The van der Waals surface area contributed by atoms with Crippen LogP contribution in [0.2, 0.25) is 0 Å². The molecule has 17 heavy (non-hydrogen) atoms. The Labute approximate surface area is 95.1 Å². The molecule has 0 aliphatic carbocycles. The summed E-state index contributed by atoms with van der Waals surface area (Å²) >= 11 is 0. The molecule has 7 nitrogen and oxygen atoms in total. The molecule has 2 aromatic rings. The SMILES string of the molecule is Nc1c(-c2cccc([N+](=O)[O-])c2)nc[nH]c1=O. The van der Waals surface area contributed by atoms with Gasteiger partial charge >= 0.3 is 0 Å². The van der Waals surface area contributed by atoms with E-state index in [0.717, 1.165) is 0 Å². The fourth-order valence-corrected chi connectivity index (χ4v) is 1.41. The van der Waals surface area contributed by atoms with Crippen molar-refractivity contribution < 1.29 is 4.92 Å². The second-order valence-electron chi connectivity index (χ2n) is 3.30. The Bertz CT molecular complexity index is 635. The Kier molecular flexibility index (Phi) is 2.57. The zero-order valence-corrected chi connectivity index (χ0v) is 8.58. The van der Waals surface area contributed by atoms with Gasteiger partial charge in [-0.2, -0.15) is 0 Å². The van der Waals surface area contributed by atoms with Crippen LogP contribution in [0.15, 0.2) is 35.4 Å². The summed E-state index contributed by atoms with van der Waals surface area (Å²) in [6.07, 6.45) is 1.20. The lowest BCUT2D eigenvalue weighted by molar-refractivity contribution is -0.384. The van der Waals surface area contributed by atoms with E-state index in [9.17, 15) is 14.9 Å². The van der Waals surface area contributed by atoms with Gasteiger partial charge in [-0.05, 0) is 0 Å². The summed E-state index contributed by atoms with van der Waals surface area (Å²) in [5.74, 6) is 0. The van der Waals surface area contributed by atoms with Crippen molar-refractivity contribution >= 4 is 11.4 Å². The van der Waals surface area contributed by atoms with E-state index in [2.05, 4.69) is 9.97 Å². The maximum absolute atomic E-state index is 11.3. The van der Waals surface area contributed by atoms with Crippen molar-refractivity contribution in [3.8, 4) is 11.3 Å². The number of rotatable bonds is 2. The smallest absolute Gasteiger partial charge is 0.274 e. The van der Waals surface area contributed by atoms with Crippen LogP contribution in [0.4, 0.5) is 11.4 Å². The number of hydrogen-bond acceptors (Lipinski definition) is 5. The number of nitrogen functional groups attached to an aromatic ring is 1. The normalized spacial score (nSPS) is 10.1. The van der Waals surface area contributed by atoms with E-state index in [-0.39, 0.29) is 17.1 Å². The van der Waals surface area contributed by atoms with Gasteiger partial charge in [0.25, 0.3) is 11.2 Å². The molecule has 0 aliphatic heterocycles. The van der Waals surface area contributed by atoms with Crippen LogP contribution in [0.1, 0.15) is 0 Å². The molecule has 3 N–H and O–H groups in total. The quantitative estimate of drug-likeness (QED) is 0.590. The van der Waals surface area contributed by atoms with Crippen LogP contribution in [0.5, 0.6) is 0 Å². The molecule has 0 aliphatic rings. The molecule has 1 aromatic heterocycles. The molecule has 1 aromatic carbocycles. The Morgan fingerprint density at radius 1 is 1.41 bits per heavy atom. The van der Waals surface area contributed by atoms with E-state index < -0.39 is 10.5 Å². The zero-order valence-electron chi connectivity index (χ0n) is 8.58. The Morgan fingerprint density at radius 2 is 2.18 bits per heavy atom. The molecule has 0 bridgehead atoms. The van der Waals surface area contributed by atoms with Crippen LogP contribution in [0, 0.1) is 10.1 Å². The molecular weight excluding hydrogens is 224 g/mol. The highest BCUT2D eigenvalue weighted by Crippen LogP contribution is 2.24. The third-order valence-corrected chi connectivity index (χ3v) is 2.22. The van der Waals surface area contributed by atoms with E-state index >= 15 is 0 Å². The fourth-order valence-electron chi connectivity index (χ4n) is 1.41. The summed E-state index contributed by atoms with van der Waals surface area (Å²) in [6, 6.07) is 5.78. The van der Waals surface area contributed by atoms with E-state index in [1.807, 2.05) is 0 Å². The lowest BCUT2D eigenvalue weighted by Crippen LogP contribution is -2.13. The summed E-state index contributed by atoms with van der Waals surface area (Å²) < 4.78 is 0. The molecule has 0 amide bonds. The largest absolute Gasteiger partial charge is 0.392 e. The van der Waals surface area contributed by atoms with Gasteiger partial charge in [0.15, 0.2) is 0 Å². The number of hydrogen-bond donors (Lipinski definition) is 2. The zero-order chi connectivity index (χ0) is 12.4. The van der Waals surface area contributed by atoms with Crippen molar-refractivity contribution in [3.63, 3.8) is 0 Å².